The molecule has 1 aliphatic heterocycles. The van der Waals surface area contributed by atoms with Gasteiger partial charge in [0.25, 0.3) is 0 Å². The topological polar surface area (TPSA) is 102 Å². The van der Waals surface area contributed by atoms with Gasteiger partial charge in [-0.2, -0.15) is 10.5 Å². The summed E-state index contributed by atoms with van der Waals surface area (Å²) in [5, 5.41) is 26.1. The minimum absolute atomic E-state index is 0.573. The number of nitriles is 2. The zero-order valence-electron chi connectivity index (χ0n) is 37.5. The third-order valence-corrected chi connectivity index (χ3v) is 14.8. The molecule has 326 valence electrons. The fraction of sp³-hybridized carbons (Fsp3) is 0.0161. The molecule has 0 bridgehead atoms. The van der Waals surface area contributed by atoms with Crippen molar-refractivity contribution in [3.63, 3.8) is 0 Å². The molecule has 9 nitrogen and oxygen atoms in total. The SMILES string of the molecule is [C-]#[N+]c1ccc2c(c1)c1ccccc1n2-c1cnc2c(c1)C1(c3ccccc3Oc3cc(-n4c5ccc(C#N)cc5c5cc(-n6c7ccccc7c7cc(C#N)ccc76)ccc54)ccc31)c1cccnc1-2. The zero-order chi connectivity index (χ0) is 47.1. The molecule has 0 amide bonds. The predicted molar refractivity (Wildman–Crippen MR) is 278 cm³/mol. The second kappa shape index (κ2) is 14.1. The molecule has 0 radical (unpaired) electrons. The molecule has 5 aromatic heterocycles. The van der Waals surface area contributed by atoms with E-state index in [0.717, 1.165) is 122 Å². The number of hydrogen-bond acceptors (Lipinski definition) is 5. The van der Waals surface area contributed by atoms with Gasteiger partial charge >= 0.3 is 0 Å². The highest BCUT2D eigenvalue weighted by atomic mass is 16.5. The van der Waals surface area contributed by atoms with Gasteiger partial charge in [-0.15, -0.1) is 0 Å². The minimum Gasteiger partial charge on any atom is -0.457 e. The van der Waals surface area contributed by atoms with Crippen LogP contribution in [0.5, 0.6) is 11.5 Å². The van der Waals surface area contributed by atoms with Crippen molar-refractivity contribution < 1.29 is 4.74 Å². The maximum Gasteiger partial charge on any atom is 0.188 e. The molecule has 9 heteroatoms. The number of aromatic nitrogens is 5. The Hall–Kier alpha value is -10.3. The van der Waals surface area contributed by atoms with Crippen molar-refractivity contribution in [2.45, 2.75) is 5.41 Å². The van der Waals surface area contributed by atoms with Crippen LogP contribution in [-0.4, -0.2) is 23.7 Å². The van der Waals surface area contributed by atoms with Crippen LogP contribution < -0.4 is 4.74 Å². The lowest BCUT2D eigenvalue weighted by molar-refractivity contribution is 0.436. The van der Waals surface area contributed by atoms with Gasteiger partial charge in [0.2, 0.25) is 0 Å². The molecular weight excluding hydrogens is 873 g/mol. The molecule has 8 aromatic carbocycles. The van der Waals surface area contributed by atoms with Crippen molar-refractivity contribution in [2.24, 2.45) is 0 Å². The van der Waals surface area contributed by atoms with Crippen molar-refractivity contribution in [1.29, 1.82) is 10.5 Å². The second-order valence-electron chi connectivity index (χ2n) is 18.3. The van der Waals surface area contributed by atoms with E-state index in [-0.39, 0.29) is 0 Å². The lowest BCUT2D eigenvalue weighted by Crippen LogP contribution is -2.32. The van der Waals surface area contributed by atoms with E-state index in [2.05, 4.69) is 122 Å². The highest BCUT2D eigenvalue weighted by molar-refractivity contribution is 6.13. The summed E-state index contributed by atoms with van der Waals surface area (Å²) in [6.45, 7) is 7.77. The smallest absolute Gasteiger partial charge is 0.188 e. The van der Waals surface area contributed by atoms with E-state index in [9.17, 15) is 10.5 Å². The van der Waals surface area contributed by atoms with Crippen LogP contribution in [0.1, 0.15) is 33.4 Å². The predicted octanol–water partition coefficient (Wildman–Crippen LogP) is 14.5. The Morgan fingerprint density at radius 1 is 0.437 bits per heavy atom. The Morgan fingerprint density at radius 2 is 0.972 bits per heavy atom. The number of pyridine rings is 2. The van der Waals surface area contributed by atoms with Gasteiger partial charge < -0.3 is 18.4 Å². The molecule has 13 aromatic rings. The van der Waals surface area contributed by atoms with Crippen LogP contribution in [-0.2, 0) is 5.41 Å². The van der Waals surface area contributed by atoms with Crippen molar-refractivity contribution in [3.8, 4) is 52.1 Å². The summed E-state index contributed by atoms with van der Waals surface area (Å²) >= 11 is 0. The van der Waals surface area contributed by atoms with Crippen molar-refractivity contribution in [2.75, 3.05) is 0 Å². The van der Waals surface area contributed by atoms with E-state index >= 15 is 0 Å². The third-order valence-electron chi connectivity index (χ3n) is 14.8. The Morgan fingerprint density at radius 3 is 1.69 bits per heavy atom. The maximum absolute atomic E-state index is 10.2. The number of para-hydroxylation sites is 3. The van der Waals surface area contributed by atoms with E-state index in [1.807, 2.05) is 103 Å². The van der Waals surface area contributed by atoms with Crippen LogP contribution in [0.2, 0.25) is 0 Å². The van der Waals surface area contributed by atoms with Gasteiger partial charge in [-0.25, -0.2) is 4.85 Å². The minimum atomic E-state index is -0.853. The third kappa shape index (κ3) is 5.09. The van der Waals surface area contributed by atoms with Gasteiger partial charge in [0.1, 0.15) is 11.5 Å². The molecule has 2 aliphatic rings. The summed E-state index contributed by atoms with van der Waals surface area (Å²) in [5.41, 5.74) is 15.3. The summed E-state index contributed by atoms with van der Waals surface area (Å²) in [7, 11) is 0. The zero-order valence-corrected chi connectivity index (χ0v) is 37.5. The molecule has 6 heterocycles. The molecule has 1 aliphatic carbocycles. The van der Waals surface area contributed by atoms with E-state index in [1.165, 1.54) is 0 Å². The van der Waals surface area contributed by atoms with Gasteiger partial charge in [0.15, 0.2) is 5.69 Å². The Bertz CT molecular complexity index is 4680. The van der Waals surface area contributed by atoms with Crippen LogP contribution in [0.15, 0.2) is 194 Å². The number of rotatable bonds is 3. The first-order valence-electron chi connectivity index (χ1n) is 23.3. The molecule has 1 spiro atoms. The first kappa shape index (κ1) is 38.8. The van der Waals surface area contributed by atoms with Crippen molar-refractivity contribution in [3.05, 3.63) is 239 Å². The average molecular weight is 905 g/mol. The van der Waals surface area contributed by atoms with Gasteiger partial charge in [-0.1, -0.05) is 72.8 Å². The maximum atomic E-state index is 10.2. The number of benzene rings is 8. The van der Waals surface area contributed by atoms with Crippen LogP contribution in [0.25, 0.3) is 98.7 Å². The van der Waals surface area contributed by atoms with Crippen molar-refractivity contribution in [1.82, 2.24) is 23.7 Å². The van der Waals surface area contributed by atoms with E-state index in [4.69, 9.17) is 21.3 Å². The molecule has 0 fully saturated rings. The van der Waals surface area contributed by atoms with E-state index in [0.29, 0.717) is 22.6 Å². The fourth-order valence-electron chi connectivity index (χ4n) is 12.0. The molecule has 1 atom stereocenters. The van der Waals surface area contributed by atoms with Gasteiger partial charge in [-0.05, 0) is 114 Å². The Balaban J connectivity index is 0.960. The molecule has 0 saturated heterocycles. The highest BCUT2D eigenvalue weighted by Gasteiger charge is 2.52. The lowest BCUT2D eigenvalue weighted by Gasteiger charge is -2.39. The van der Waals surface area contributed by atoms with Gasteiger partial charge in [0, 0.05) is 67.3 Å². The molecular formula is C62H32N8O. The summed E-state index contributed by atoms with van der Waals surface area (Å²) in [6, 6.07) is 66.8. The number of fused-ring (bicyclic) bond motifs is 18. The highest BCUT2D eigenvalue weighted by Crippen LogP contribution is 2.62. The second-order valence-corrected chi connectivity index (χ2v) is 18.3. The average Bonchev–Trinajstić information content (AvgIpc) is 4.14. The summed E-state index contributed by atoms with van der Waals surface area (Å²) in [6.07, 6.45) is 3.78. The summed E-state index contributed by atoms with van der Waals surface area (Å²) in [5.74, 6) is 1.45. The van der Waals surface area contributed by atoms with Gasteiger partial charge in [-0.3, -0.25) is 9.97 Å². The van der Waals surface area contributed by atoms with E-state index < -0.39 is 5.41 Å². The largest absolute Gasteiger partial charge is 0.457 e. The molecule has 71 heavy (non-hydrogen) atoms. The Labute approximate surface area is 405 Å². The number of ether oxygens (including phenoxy) is 1. The number of nitrogens with zero attached hydrogens (tertiary/aromatic N) is 8. The monoisotopic (exact) mass is 904 g/mol. The molecule has 0 N–H and O–H groups in total. The van der Waals surface area contributed by atoms with Crippen LogP contribution in [0, 0.1) is 29.2 Å². The van der Waals surface area contributed by atoms with Crippen LogP contribution in [0.3, 0.4) is 0 Å². The van der Waals surface area contributed by atoms with Crippen molar-refractivity contribution >= 4 is 71.1 Å². The van der Waals surface area contributed by atoms with E-state index in [1.54, 1.807) is 0 Å². The number of hydrogen-bond donors (Lipinski definition) is 0. The van der Waals surface area contributed by atoms with Crippen LogP contribution >= 0.6 is 0 Å². The molecule has 15 rings (SSSR count). The fourth-order valence-corrected chi connectivity index (χ4v) is 12.0. The lowest BCUT2D eigenvalue weighted by atomic mass is 9.66. The molecule has 0 saturated carbocycles. The first-order chi connectivity index (χ1) is 35.0. The Kier molecular flexibility index (Phi) is 7.72. The summed E-state index contributed by atoms with van der Waals surface area (Å²) < 4.78 is 13.8. The molecule has 1 unspecified atom stereocenters. The quantitative estimate of drug-likeness (QED) is 0.164. The first-order valence-corrected chi connectivity index (χ1v) is 23.3. The van der Waals surface area contributed by atoms with Gasteiger partial charge in [0.05, 0.1) is 91.6 Å². The normalized spacial score (nSPS) is 14.3. The summed E-state index contributed by atoms with van der Waals surface area (Å²) in [4.78, 5) is 14.1. The standard InChI is InChI=1S/C62H32N8O/c1-65-38-18-24-56-46(29-38)43-10-3-6-14-53(43)70(56)41-31-51-61(67-35-41)60-50(12-8-26-66-60)62(51)48-11-4-7-15-58(48)71-59-32-40(19-21-49(59)62)69-55-23-17-37(34-64)28-45(55)47-30-39(20-25-57(47)69)68-52-13-5-2-9-42(52)44-27-36(33-63)16-22-54(44)68/h2-32,35H. The van der Waals surface area contributed by atoms with Crippen LogP contribution in [0.4, 0.5) is 5.69 Å².